The zero-order valence-corrected chi connectivity index (χ0v) is 13.7. The second-order valence-corrected chi connectivity index (χ2v) is 6.08. The second kappa shape index (κ2) is 6.27. The largest absolute Gasteiger partial charge is 0.491 e. The molecule has 1 unspecified atom stereocenters. The molecule has 1 atom stereocenters. The van der Waals surface area contributed by atoms with Gasteiger partial charge in [0.15, 0.2) is 5.78 Å². The maximum Gasteiger partial charge on any atom is 0.491 e. The van der Waals surface area contributed by atoms with Gasteiger partial charge >= 0.3 is 7.12 Å². The van der Waals surface area contributed by atoms with E-state index < -0.39 is 7.12 Å². The Labute approximate surface area is 145 Å². The summed E-state index contributed by atoms with van der Waals surface area (Å²) in [6, 6.07) is 15.1. The first kappa shape index (κ1) is 15.7. The Balaban J connectivity index is 1.53. The summed E-state index contributed by atoms with van der Waals surface area (Å²) in [6.45, 7) is 1.89. The maximum atomic E-state index is 12.5. The van der Waals surface area contributed by atoms with E-state index in [-0.39, 0.29) is 18.3 Å². The minimum absolute atomic E-state index is 0.122. The number of hydrogen-bond donors (Lipinski definition) is 1. The normalized spacial score (nSPS) is 16.1. The number of nitrogens with zero attached hydrogens (tertiary/aromatic N) is 3. The van der Waals surface area contributed by atoms with Crippen molar-refractivity contribution in [2.45, 2.75) is 19.4 Å². The van der Waals surface area contributed by atoms with Gasteiger partial charge in [0.25, 0.3) is 0 Å². The summed E-state index contributed by atoms with van der Waals surface area (Å²) in [5.41, 5.74) is 3.66. The number of fused-ring (bicyclic) bond motifs is 1. The van der Waals surface area contributed by atoms with Crippen LogP contribution in [0.5, 0.6) is 0 Å². The number of hydrogen-bond acceptors (Lipinski definition) is 5. The Morgan fingerprint density at radius 2 is 2.08 bits per heavy atom. The van der Waals surface area contributed by atoms with Crippen LogP contribution in [0.1, 0.15) is 34.6 Å². The van der Waals surface area contributed by atoms with E-state index in [2.05, 4.69) is 10.3 Å². The molecular formula is C18H16BN3O3. The lowest BCUT2D eigenvalue weighted by atomic mass is 9.78. The van der Waals surface area contributed by atoms with Gasteiger partial charge in [0.05, 0.1) is 18.0 Å². The van der Waals surface area contributed by atoms with Crippen LogP contribution in [0.25, 0.3) is 5.69 Å². The predicted molar refractivity (Wildman–Crippen MR) is 92.9 cm³/mol. The van der Waals surface area contributed by atoms with Crippen molar-refractivity contribution in [3.8, 4) is 5.69 Å². The Kier molecular flexibility index (Phi) is 3.95. The second-order valence-electron chi connectivity index (χ2n) is 6.08. The number of benzene rings is 2. The van der Waals surface area contributed by atoms with E-state index in [1.807, 2.05) is 55.5 Å². The molecule has 0 aliphatic carbocycles. The molecule has 1 aromatic heterocycles. The van der Waals surface area contributed by atoms with Gasteiger partial charge in [-0.2, -0.15) is 0 Å². The highest BCUT2D eigenvalue weighted by atomic mass is 16.5. The SMILES string of the molecule is CC1OB(O)c2cc(CC(=O)c3cn(-c4ccccc4)nn3)ccc21. The molecule has 0 bridgehead atoms. The third kappa shape index (κ3) is 2.99. The average molecular weight is 333 g/mol. The molecule has 0 radical (unpaired) electrons. The van der Waals surface area contributed by atoms with Gasteiger partial charge in [0.2, 0.25) is 0 Å². The maximum absolute atomic E-state index is 12.5. The fourth-order valence-electron chi connectivity index (χ4n) is 3.03. The van der Waals surface area contributed by atoms with Crippen LogP contribution in [0.2, 0.25) is 0 Å². The van der Waals surface area contributed by atoms with Gasteiger partial charge in [-0.1, -0.05) is 41.6 Å². The van der Waals surface area contributed by atoms with Crippen molar-refractivity contribution >= 4 is 18.4 Å². The molecule has 7 heteroatoms. The fourth-order valence-corrected chi connectivity index (χ4v) is 3.03. The molecule has 0 amide bonds. The molecule has 0 saturated carbocycles. The number of carbonyl (C=O) groups is 1. The van der Waals surface area contributed by atoms with Crippen molar-refractivity contribution in [1.82, 2.24) is 15.0 Å². The van der Waals surface area contributed by atoms with E-state index >= 15 is 0 Å². The molecule has 1 N–H and O–H groups in total. The molecule has 0 fully saturated rings. The minimum atomic E-state index is -0.931. The van der Waals surface area contributed by atoms with E-state index in [1.54, 1.807) is 10.9 Å². The standard InChI is InChI=1S/C18H16BN3O3/c1-12-15-8-7-13(9-16(15)19(24)25-12)10-18(23)17-11-22(21-20-17)14-5-3-2-4-6-14/h2-9,11-12,24H,10H2,1H3. The van der Waals surface area contributed by atoms with Crippen LogP contribution in [-0.2, 0) is 11.1 Å². The van der Waals surface area contributed by atoms with Crippen LogP contribution in [0, 0.1) is 0 Å². The summed E-state index contributed by atoms with van der Waals surface area (Å²) >= 11 is 0. The number of para-hydroxylation sites is 1. The number of carbonyl (C=O) groups excluding carboxylic acids is 1. The van der Waals surface area contributed by atoms with Crippen LogP contribution >= 0.6 is 0 Å². The number of ketones is 1. The summed E-state index contributed by atoms with van der Waals surface area (Å²) in [5, 5.41) is 17.9. The van der Waals surface area contributed by atoms with Crippen molar-refractivity contribution in [2.75, 3.05) is 0 Å². The van der Waals surface area contributed by atoms with Crippen molar-refractivity contribution < 1.29 is 14.5 Å². The van der Waals surface area contributed by atoms with Crippen LogP contribution < -0.4 is 5.46 Å². The lowest BCUT2D eigenvalue weighted by molar-refractivity contribution is 0.0988. The molecular weight excluding hydrogens is 317 g/mol. The average Bonchev–Trinajstić information content (AvgIpc) is 3.22. The Morgan fingerprint density at radius 1 is 1.28 bits per heavy atom. The van der Waals surface area contributed by atoms with Gasteiger partial charge in [-0.15, -0.1) is 5.10 Å². The van der Waals surface area contributed by atoms with Gasteiger partial charge in [0.1, 0.15) is 5.69 Å². The number of Topliss-reactive ketones (excluding diaryl/α,β-unsaturated/α-hetero) is 1. The third-order valence-electron chi connectivity index (χ3n) is 4.35. The van der Waals surface area contributed by atoms with Gasteiger partial charge in [-0.3, -0.25) is 4.79 Å². The fraction of sp³-hybridized carbons (Fsp3) is 0.167. The molecule has 2 heterocycles. The highest BCUT2D eigenvalue weighted by molar-refractivity contribution is 6.61. The molecule has 0 saturated heterocycles. The molecule has 1 aliphatic rings. The van der Waals surface area contributed by atoms with Crippen molar-refractivity contribution in [2.24, 2.45) is 0 Å². The van der Waals surface area contributed by atoms with Gasteiger partial charge in [0, 0.05) is 6.42 Å². The zero-order valence-electron chi connectivity index (χ0n) is 13.7. The van der Waals surface area contributed by atoms with E-state index in [0.29, 0.717) is 5.69 Å². The quantitative estimate of drug-likeness (QED) is 0.578. The monoisotopic (exact) mass is 333 g/mol. The van der Waals surface area contributed by atoms with E-state index in [0.717, 1.165) is 22.3 Å². The van der Waals surface area contributed by atoms with E-state index in [1.165, 1.54) is 0 Å². The van der Waals surface area contributed by atoms with Crippen LogP contribution in [0.4, 0.5) is 0 Å². The molecule has 4 rings (SSSR count). The first-order valence-corrected chi connectivity index (χ1v) is 8.09. The number of aromatic nitrogens is 3. The summed E-state index contributed by atoms with van der Waals surface area (Å²) in [7, 11) is -0.931. The van der Waals surface area contributed by atoms with Crippen molar-refractivity contribution in [3.05, 3.63) is 71.5 Å². The highest BCUT2D eigenvalue weighted by Gasteiger charge is 2.32. The molecule has 25 heavy (non-hydrogen) atoms. The molecule has 124 valence electrons. The van der Waals surface area contributed by atoms with E-state index in [9.17, 15) is 9.82 Å². The predicted octanol–water partition coefficient (Wildman–Crippen LogP) is 1.47. The minimum Gasteiger partial charge on any atom is -0.423 e. The summed E-state index contributed by atoms with van der Waals surface area (Å²) < 4.78 is 6.95. The summed E-state index contributed by atoms with van der Waals surface area (Å²) in [5.74, 6) is -0.122. The van der Waals surface area contributed by atoms with Crippen LogP contribution in [-0.4, -0.2) is 32.9 Å². The summed E-state index contributed by atoms with van der Waals surface area (Å²) in [6.07, 6.45) is 1.69. The molecule has 2 aromatic carbocycles. The smallest absolute Gasteiger partial charge is 0.423 e. The van der Waals surface area contributed by atoms with Crippen LogP contribution in [0.3, 0.4) is 0 Å². The third-order valence-corrected chi connectivity index (χ3v) is 4.35. The van der Waals surface area contributed by atoms with Gasteiger partial charge in [-0.05, 0) is 35.6 Å². The molecule has 3 aromatic rings. The highest BCUT2D eigenvalue weighted by Crippen LogP contribution is 2.23. The first-order chi connectivity index (χ1) is 12.1. The number of rotatable bonds is 4. The van der Waals surface area contributed by atoms with Gasteiger partial charge < -0.3 is 9.68 Å². The first-order valence-electron chi connectivity index (χ1n) is 8.09. The lowest BCUT2D eigenvalue weighted by Gasteiger charge is -2.05. The Morgan fingerprint density at radius 3 is 2.88 bits per heavy atom. The van der Waals surface area contributed by atoms with E-state index in [4.69, 9.17) is 4.65 Å². The lowest BCUT2D eigenvalue weighted by Crippen LogP contribution is -2.28. The van der Waals surface area contributed by atoms with Gasteiger partial charge in [-0.25, -0.2) is 4.68 Å². The molecule has 6 nitrogen and oxygen atoms in total. The zero-order chi connectivity index (χ0) is 17.4. The van der Waals surface area contributed by atoms with Crippen LogP contribution in [0.15, 0.2) is 54.7 Å². The van der Waals surface area contributed by atoms with Crippen molar-refractivity contribution in [3.63, 3.8) is 0 Å². The Bertz CT molecular complexity index is 926. The Hall–Kier alpha value is -2.77. The molecule has 1 aliphatic heterocycles. The van der Waals surface area contributed by atoms with Crippen molar-refractivity contribution in [1.29, 1.82) is 0 Å². The molecule has 0 spiro atoms. The topological polar surface area (TPSA) is 77.2 Å². The summed E-state index contributed by atoms with van der Waals surface area (Å²) in [4.78, 5) is 12.5.